The molecule has 0 aliphatic carbocycles. The fourth-order valence-corrected chi connectivity index (χ4v) is 7.12. The van der Waals surface area contributed by atoms with Crippen molar-refractivity contribution in [1.29, 1.82) is 0 Å². The molecule has 0 fully saturated rings. The van der Waals surface area contributed by atoms with Crippen LogP contribution in [0.2, 0.25) is 0 Å². The van der Waals surface area contributed by atoms with Crippen LogP contribution < -0.4 is 15.9 Å². The zero-order valence-corrected chi connectivity index (χ0v) is 14.7. The van der Waals surface area contributed by atoms with E-state index in [4.69, 9.17) is 0 Å². The van der Waals surface area contributed by atoms with Gasteiger partial charge in [-0.1, -0.05) is 54.6 Å². The van der Waals surface area contributed by atoms with Crippen LogP contribution in [0.3, 0.4) is 0 Å². The van der Waals surface area contributed by atoms with Crippen molar-refractivity contribution in [3.8, 4) is 0 Å². The predicted molar refractivity (Wildman–Crippen MR) is 94.1 cm³/mol. The van der Waals surface area contributed by atoms with Crippen LogP contribution in [-0.2, 0) is 17.1 Å². The number of benzene rings is 3. The molecule has 0 saturated heterocycles. The monoisotopic (exact) mass is 404 g/mol. The maximum atomic E-state index is 4.12. The van der Waals surface area contributed by atoms with E-state index in [-0.39, 0.29) is 17.1 Å². The van der Waals surface area contributed by atoms with Gasteiger partial charge in [0.15, 0.2) is 21.5 Å². The average Bonchev–Trinajstić information content (AvgIpc) is 2.56. The molecule has 3 heteroatoms. The van der Waals surface area contributed by atoms with Crippen molar-refractivity contribution in [2.24, 2.45) is 0 Å². The molecule has 0 atom stereocenters. The molecule has 0 aliphatic heterocycles. The summed E-state index contributed by atoms with van der Waals surface area (Å²) in [7, 11) is 0. The second-order valence-electron chi connectivity index (χ2n) is 4.60. The van der Waals surface area contributed by atoms with Gasteiger partial charge in [-0.15, -0.1) is 0 Å². The topological polar surface area (TPSA) is 0 Å². The van der Waals surface area contributed by atoms with E-state index in [0.717, 1.165) is 0 Å². The van der Waals surface area contributed by atoms with Crippen LogP contribution in [0.5, 0.6) is 0 Å². The Morgan fingerprint density at radius 1 is 0.476 bits per heavy atom. The molecule has 0 nitrogen and oxygen atoms in total. The van der Waals surface area contributed by atoms with E-state index in [0.29, 0.717) is 0 Å². The number of hydrogen-bond donors (Lipinski definition) is 0. The fourth-order valence-electron chi connectivity index (χ4n) is 2.35. The molecule has 0 heterocycles. The Morgan fingerprint density at radius 2 is 0.714 bits per heavy atom. The van der Waals surface area contributed by atoms with Gasteiger partial charge in [0.1, 0.15) is 15.9 Å². The minimum atomic E-state index is -1.71. The predicted octanol–water partition coefficient (Wildman–Crippen LogP) is 4.29. The normalized spacial score (nSPS) is 10.7. The zero-order chi connectivity index (χ0) is 13.8. The van der Waals surface area contributed by atoms with Crippen LogP contribution in [0.25, 0.3) is 0 Å². The number of halogens is 1. The van der Waals surface area contributed by atoms with Crippen molar-refractivity contribution in [3.63, 3.8) is 0 Å². The Bertz CT molecular complexity index is 575. The first-order valence-electron chi connectivity index (χ1n) is 6.57. The standard InChI is InChI=1S/C18H15BrP.Cu/c19-20(16-10-4-1-5-11-16,17-12-6-2-7-13-17)18-14-8-3-9-15-18;/h1-15H;/q+1;. The van der Waals surface area contributed by atoms with Gasteiger partial charge >= 0.3 is 0 Å². The summed E-state index contributed by atoms with van der Waals surface area (Å²) in [5.74, 6) is -1.71. The van der Waals surface area contributed by atoms with Crippen LogP contribution in [0.4, 0.5) is 0 Å². The third kappa shape index (κ3) is 3.30. The molecule has 1 radical (unpaired) electrons. The minimum absolute atomic E-state index is 0. The van der Waals surface area contributed by atoms with Gasteiger partial charge in [0.05, 0.1) is 0 Å². The quantitative estimate of drug-likeness (QED) is 0.450. The molecule has 3 aromatic rings. The van der Waals surface area contributed by atoms with E-state index in [1.54, 1.807) is 0 Å². The summed E-state index contributed by atoms with van der Waals surface area (Å²) in [5, 5.41) is 4.03. The largest absolute Gasteiger partial charge is 0.181 e. The Labute approximate surface area is 145 Å². The molecule has 0 amide bonds. The molecular weight excluding hydrogens is 391 g/mol. The first kappa shape index (κ1) is 16.5. The van der Waals surface area contributed by atoms with Gasteiger partial charge < -0.3 is 0 Å². The molecule has 3 aromatic carbocycles. The molecule has 0 aliphatic rings. The van der Waals surface area contributed by atoms with E-state index in [9.17, 15) is 0 Å². The molecule has 0 aromatic heterocycles. The summed E-state index contributed by atoms with van der Waals surface area (Å²) in [4.78, 5) is 0. The second-order valence-corrected chi connectivity index (χ2v) is 10.5. The molecular formula is C18H15BrCuP+. The van der Waals surface area contributed by atoms with Crippen molar-refractivity contribution in [2.45, 2.75) is 0 Å². The molecule has 0 spiro atoms. The maximum absolute atomic E-state index is 4.12. The van der Waals surface area contributed by atoms with Crippen LogP contribution >= 0.6 is 21.5 Å². The fraction of sp³-hybridized carbons (Fsp3) is 0. The number of rotatable bonds is 3. The van der Waals surface area contributed by atoms with Gasteiger partial charge in [0.25, 0.3) is 0 Å². The van der Waals surface area contributed by atoms with Crippen molar-refractivity contribution in [1.82, 2.24) is 0 Å². The Hall–Kier alpha value is -0.911. The van der Waals surface area contributed by atoms with Gasteiger partial charge in [-0.25, -0.2) is 0 Å². The van der Waals surface area contributed by atoms with Crippen LogP contribution in [0.1, 0.15) is 0 Å². The van der Waals surface area contributed by atoms with Gasteiger partial charge in [-0.3, -0.25) is 0 Å². The molecule has 109 valence electrons. The maximum Gasteiger partial charge on any atom is 0.181 e. The third-order valence-electron chi connectivity index (χ3n) is 3.34. The molecule has 0 bridgehead atoms. The Balaban J connectivity index is 0.00000161. The van der Waals surface area contributed by atoms with Crippen molar-refractivity contribution in [2.75, 3.05) is 0 Å². The van der Waals surface area contributed by atoms with Crippen molar-refractivity contribution >= 4 is 37.4 Å². The average molecular weight is 406 g/mol. The summed E-state index contributed by atoms with van der Waals surface area (Å²) in [6.45, 7) is 0. The van der Waals surface area contributed by atoms with E-state index >= 15 is 0 Å². The van der Waals surface area contributed by atoms with Gasteiger partial charge in [0.2, 0.25) is 0 Å². The van der Waals surface area contributed by atoms with Crippen LogP contribution in [0, 0.1) is 0 Å². The van der Waals surface area contributed by atoms with E-state index in [1.165, 1.54) is 15.9 Å². The summed E-state index contributed by atoms with van der Waals surface area (Å²) < 4.78 is 0. The first-order chi connectivity index (χ1) is 9.82. The van der Waals surface area contributed by atoms with E-state index in [1.807, 2.05) is 0 Å². The van der Waals surface area contributed by atoms with E-state index in [2.05, 4.69) is 106 Å². The Kier molecular flexibility index (Phi) is 5.79. The summed E-state index contributed by atoms with van der Waals surface area (Å²) in [6, 6.07) is 32.1. The SMILES string of the molecule is Br[P+](c1ccccc1)(c1ccccc1)c1ccccc1.[Cu]. The zero-order valence-electron chi connectivity index (χ0n) is 11.3. The smallest absolute Gasteiger partial charge is 0.0620 e. The van der Waals surface area contributed by atoms with Gasteiger partial charge in [0, 0.05) is 17.1 Å². The van der Waals surface area contributed by atoms with Crippen LogP contribution in [0.15, 0.2) is 91.0 Å². The number of hydrogen-bond acceptors (Lipinski definition) is 0. The minimum Gasteiger partial charge on any atom is -0.0620 e. The summed E-state index contributed by atoms with van der Waals surface area (Å²) >= 11 is 4.12. The summed E-state index contributed by atoms with van der Waals surface area (Å²) in [6.07, 6.45) is 0. The third-order valence-corrected chi connectivity index (χ3v) is 10.1. The van der Waals surface area contributed by atoms with Gasteiger partial charge in [-0.2, -0.15) is 0 Å². The summed E-state index contributed by atoms with van der Waals surface area (Å²) in [5.41, 5.74) is 0. The van der Waals surface area contributed by atoms with Crippen molar-refractivity contribution in [3.05, 3.63) is 91.0 Å². The van der Waals surface area contributed by atoms with Crippen LogP contribution in [-0.4, -0.2) is 0 Å². The Morgan fingerprint density at radius 3 is 0.952 bits per heavy atom. The molecule has 0 saturated carbocycles. The molecule has 0 N–H and O–H groups in total. The first-order valence-corrected chi connectivity index (χ1v) is 10.4. The molecule has 21 heavy (non-hydrogen) atoms. The van der Waals surface area contributed by atoms with Crippen molar-refractivity contribution < 1.29 is 17.1 Å². The van der Waals surface area contributed by atoms with E-state index < -0.39 is 5.96 Å². The molecule has 0 unspecified atom stereocenters. The molecule has 3 rings (SSSR count). The van der Waals surface area contributed by atoms with Gasteiger partial charge in [-0.05, 0) is 36.4 Å². The second kappa shape index (κ2) is 7.38.